The van der Waals surface area contributed by atoms with Crippen LogP contribution in [0.25, 0.3) is 5.69 Å². The standard InChI is InChI=1S/C15H18N4O/c16-9-11-5-4-8-13(11)15(20)14-10-17-18-19(14)12-6-2-1-3-7-12/h1-3,6-7,10-11,13H,4-5,8-9,16H2. The molecular weight excluding hydrogens is 252 g/mol. The Kier molecular flexibility index (Phi) is 3.60. The molecule has 0 bridgehead atoms. The first-order valence-corrected chi connectivity index (χ1v) is 7.01. The maximum atomic E-state index is 12.7. The number of hydrogen-bond donors (Lipinski definition) is 1. The van der Waals surface area contributed by atoms with Crippen molar-refractivity contribution in [2.45, 2.75) is 19.3 Å². The zero-order valence-electron chi connectivity index (χ0n) is 11.3. The highest BCUT2D eigenvalue weighted by atomic mass is 16.1. The highest BCUT2D eigenvalue weighted by Crippen LogP contribution is 2.33. The Bertz CT molecular complexity index is 593. The molecule has 104 valence electrons. The van der Waals surface area contributed by atoms with E-state index in [9.17, 15) is 4.79 Å². The summed E-state index contributed by atoms with van der Waals surface area (Å²) in [7, 11) is 0. The van der Waals surface area contributed by atoms with E-state index in [-0.39, 0.29) is 11.7 Å². The van der Waals surface area contributed by atoms with Crippen molar-refractivity contribution >= 4 is 5.78 Å². The summed E-state index contributed by atoms with van der Waals surface area (Å²) in [5.74, 6) is 0.425. The fraction of sp³-hybridized carbons (Fsp3) is 0.400. The lowest BCUT2D eigenvalue weighted by Gasteiger charge is -2.16. The molecule has 3 rings (SSSR count). The van der Waals surface area contributed by atoms with Gasteiger partial charge < -0.3 is 5.73 Å². The van der Waals surface area contributed by atoms with E-state index in [0.29, 0.717) is 18.2 Å². The second kappa shape index (κ2) is 5.54. The van der Waals surface area contributed by atoms with Crippen molar-refractivity contribution in [3.8, 4) is 5.69 Å². The van der Waals surface area contributed by atoms with Gasteiger partial charge in [0, 0.05) is 5.92 Å². The van der Waals surface area contributed by atoms with Crippen LogP contribution in [0.3, 0.4) is 0 Å². The topological polar surface area (TPSA) is 73.8 Å². The fourth-order valence-corrected chi connectivity index (χ4v) is 3.02. The molecule has 0 amide bonds. The number of hydrogen-bond acceptors (Lipinski definition) is 4. The Morgan fingerprint density at radius 1 is 1.30 bits per heavy atom. The third-order valence-electron chi connectivity index (χ3n) is 4.10. The summed E-state index contributed by atoms with van der Waals surface area (Å²) in [6.45, 7) is 0.573. The second-order valence-electron chi connectivity index (χ2n) is 5.26. The second-order valence-corrected chi connectivity index (χ2v) is 5.26. The summed E-state index contributed by atoms with van der Waals surface area (Å²) >= 11 is 0. The number of ketones is 1. The van der Waals surface area contributed by atoms with Crippen molar-refractivity contribution < 1.29 is 4.79 Å². The summed E-state index contributed by atoms with van der Waals surface area (Å²) in [6, 6.07) is 9.61. The first-order valence-electron chi connectivity index (χ1n) is 7.01. The molecular formula is C15H18N4O. The average Bonchev–Trinajstić information content (AvgIpc) is 3.16. The molecule has 1 aromatic heterocycles. The number of nitrogens with two attached hydrogens (primary N) is 1. The highest BCUT2D eigenvalue weighted by molar-refractivity contribution is 5.96. The largest absolute Gasteiger partial charge is 0.330 e. The summed E-state index contributed by atoms with van der Waals surface area (Å²) in [5, 5.41) is 7.95. The number of carbonyl (C=O) groups excluding carboxylic acids is 1. The SMILES string of the molecule is NCC1CCCC1C(=O)c1cnnn1-c1ccccc1. The Morgan fingerprint density at radius 2 is 2.10 bits per heavy atom. The van der Waals surface area contributed by atoms with E-state index in [1.165, 1.54) is 0 Å². The van der Waals surface area contributed by atoms with E-state index in [1.807, 2.05) is 30.3 Å². The van der Waals surface area contributed by atoms with Gasteiger partial charge in [-0.05, 0) is 37.4 Å². The van der Waals surface area contributed by atoms with Gasteiger partial charge in [-0.2, -0.15) is 0 Å². The van der Waals surface area contributed by atoms with Crippen LogP contribution in [0.2, 0.25) is 0 Å². The average molecular weight is 270 g/mol. The van der Waals surface area contributed by atoms with Gasteiger partial charge in [0.1, 0.15) is 5.69 Å². The minimum absolute atomic E-state index is 0.0148. The molecule has 1 aromatic carbocycles. The smallest absolute Gasteiger partial charge is 0.186 e. The normalized spacial score (nSPS) is 22.1. The first-order chi connectivity index (χ1) is 9.81. The van der Waals surface area contributed by atoms with Crippen LogP contribution < -0.4 is 5.73 Å². The molecule has 2 unspecified atom stereocenters. The van der Waals surface area contributed by atoms with Crippen LogP contribution in [0, 0.1) is 11.8 Å². The molecule has 20 heavy (non-hydrogen) atoms. The fourth-order valence-electron chi connectivity index (χ4n) is 3.02. The quantitative estimate of drug-likeness (QED) is 0.860. The number of carbonyl (C=O) groups is 1. The molecule has 1 aliphatic carbocycles. The van der Waals surface area contributed by atoms with Crippen LogP contribution in [-0.4, -0.2) is 27.3 Å². The predicted molar refractivity (Wildman–Crippen MR) is 75.6 cm³/mol. The summed E-state index contributed by atoms with van der Waals surface area (Å²) in [4.78, 5) is 12.7. The van der Waals surface area contributed by atoms with Crippen LogP contribution >= 0.6 is 0 Å². The molecule has 0 radical (unpaired) electrons. The lowest BCUT2D eigenvalue weighted by molar-refractivity contribution is 0.0885. The molecule has 0 aliphatic heterocycles. The van der Waals surface area contributed by atoms with Crippen molar-refractivity contribution in [3.05, 3.63) is 42.2 Å². The third-order valence-corrected chi connectivity index (χ3v) is 4.10. The number of para-hydroxylation sites is 1. The van der Waals surface area contributed by atoms with Gasteiger partial charge in [-0.25, -0.2) is 4.68 Å². The highest BCUT2D eigenvalue weighted by Gasteiger charge is 2.34. The van der Waals surface area contributed by atoms with Crippen LogP contribution in [0.1, 0.15) is 29.8 Å². The van der Waals surface area contributed by atoms with E-state index in [1.54, 1.807) is 10.9 Å². The maximum Gasteiger partial charge on any atom is 0.186 e. The zero-order valence-corrected chi connectivity index (χ0v) is 11.3. The number of nitrogens with zero attached hydrogens (tertiary/aromatic N) is 3. The van der Waals surface area contributed by atoms with Crippen LogP contribution in [0.5, 0.6) is 0 Å². The summed E-state index contributed by atoms with van der Waals surface area (Å²) in [6.07, 6.45) is 4.59. The molecule has 0 spiro atoms. The van der Waals surface area contributed by atoms with E-state index in [2.05, 4.69) is 10.3 Å². The monoisotopic (exact) mass is 270 g/mol. The lowest BCUT2D eigenvalue weighted by atomic mass is 9.90. The Morgan fingerprint density at radius 3 is 2.85 bits per heavy atom. The van der Waals surface area contributed by atoms with E-state index in [4.69, 9.17) is 5.73 Å². The van der Waals surface area contributed by atoms with Gasteiger partial charge in [-0.1, -0.05) is 29.8 Å². The Hall–Kier alpha value is -2.01. The van der Waals surface area contributed by atoms with Gasteiger partial charge in [0.25, 0.3) is 0 Å². The maximum absolute atomic E-state index is 12.7. The molecule has 2 N–H and O–H groups in total. The lowest BCUT2D eigenvalue weighted by Crippen LogP contribution is -2.26. The summed E-state index contributed by atoms with van der Waals surface area (Å²) in [5.41, 5.74) is 7.19. The molecule has 2 atom stereocenters. The first kappa shape index (κ1) is 13.0. The Balaban J connectivity index is 1.92. The van der Waals surface area contributed by atoms with Crippen LogP contribution in [-0.2, 0) is 0 Å². The zero-order chi connectivity index (χ0) is 13.9. The molecule has 1 heterocycles. The van der Waals surface area contributed by atoms with Gasteiger partial charge in [0.15, 0.2) is 5.78 Å². The predicted octanol–water partition coefficient (Wildman–Crippen LogP) is 1.82. The van der Waals surface area contributed by atoms with E-state index < -0.39 is 0 Å². The number of rotatable bonds is 4. The van der Waals surface area contributed by atoms with Gasteiger partial charge in [-0.15, -0.1) is 5.10 Å². The molecule has 5 nitrogen and oxygen atoms in total. The molecule has 5 heteroatoms. The van der Waals surface area contributed by atoms with Gasteiger partial charge >= 0.3 is 0 Å². The molecule has 0 saturated heterocycles. The number of aromatic nitrogens is 3. The van der Waals surface area contributed by atoms with Crippen molar-refractivity contribution in [1.82, 2.24) is 15.0 Å². The third kappa shape index (κ3) is 2.25. The minimum atomic E-state index is 0.0148. The van der Waals surface area contributed by atoms with Crippen molar-refractivity contribution in [1.29, 1.82) is 0 Å². The minimum Gasteiger partial charge on any atom is -0.330 e. The van der Waals surface area contributed by atoms with Crippen LogP contribution in [0.15, 0.2) is 36.5 Å². The van der Waals surface area contributed by atoms with Gasteiger partial charge in [0.2, 0.25) is 0 Å². The molecule has 1 aliphatic rings. The van der Waals surface area contributed by atoms with Gasteiger partial charge in [-0.3, -0.25) is 4.79 Å². The van der Waals surface area contributed by atoms with Gasteiger partial charge in [0.05, 0.1) is 11.9 Å². The van der Waals surface area contributed by atoms with Crippen LogP contribution in [0.4, 0.5) is 0 Å². The van der Waals surface area contributed by atoms with Crippen molar-refractivity contribution in [2.75, 3.05) is 6.54 Å². The molecule has 1 fully saturated rings. The molecule has 2 aromatic rings. The summed E-state index contributed by atoms with van der Waals surface area (Å²) < 4.78 is 1.62. The Labute approximate surface area is 117 Å². The van der Waals surface area contributed by atoms with Crippen molar-refractivity contribution in [2.24, 2.45) is 17.6 Å². The number of benzene rings is 1. The van der Waals surface area contributed by atoms with E-state index >= 15 is 0 Å². The van der Waals surface area contributed by atoms with E-state index in [0.717, 1.165) is 24.9 Å². The number of Topliss-reactive ketones (excluding diaryl/α,β-unsaturated/α-hetero) is 1. The van der Waals surface area contributed by atoms with Crippen molar-refractivity contribution in [3.63, 3.8) is 0 Å². The molecule has 1 saturated carbocycles.